The monoisotopic (exact) mass is 623 g/mol. The largest absolute Gasteiger partial charge is 0.496 e. The average molecular weight is 624 g/mol. The molecular weight excluding hydrogens is 587 g/mol. The van der Waals surface area contributed by atoms with Gasteiger partial charge in [0.05, 0.1) is 24.9 Å². The first-order valence-electron chi connectivity index (χ1n) is 15.1. The lowest BCUT2D eigenvalue weighted by Crippen LogP contribution is -2.43. The Kier molecular flexibility index (Phi) is 9.17. The van der Waals surface area contributed by atoms with Gasteiger partial charge in [0.25, 0.3) is 0 Å². The zero-order valence-electron chi connectivity index (χ0n) is 25.0. The summed E-state index contributed by atoms with van der Waals surface area (Å²) in [5.74, 6) is 0.853. The maximum Gasteiger partial charge on any atom is 0.239 e. The number of anilines is 3. The summed E-state index contributed by atoms with van der Waals surface area (Å²) >= 11 is 0. The smallest absolute Gasteiger partial charge is 0.239 e. The Hall–Kier alpha value is -4.23. The molecule has 2 N–H and O–H groups in total. The number of nitrogens with one attached hydrogen (secondary N) is 1. The van der Waals surface area contributed by atoms with E-state index >= 15 is 0 Å². The predicted octanol–water partition coefficient (Wildman–Crippen LogP) is 5.88. The van der Waals surface area contributed by atoms with E-state index in [9.17, 15) is 18.3 Å². The number of hydrogen-bond acceptors (Lipinski definition) is 9. The third-order valence-corrected chi connectivity index (χ3v) is 8.78. The third kappa shape index (κ3) is 6.74. The van der Waals surface area contributed by atoms with Crippen LogP contribution in [0.2, 0.25) is 0 Å². The van der Waals surface area contributed by atoms with Crippen LogP contribution in [-0.2, 0) is 4.74 Å². The van der Waals surface area contributed by atoms with Crippen LogP contribution < -0.4 is 15.0 Å². The Balaban J connectivity index is 1.31. The molecule has 2 aliphatic rings. The van der Waals surface area contributed by atoms with Gasteiger partial charge in [0.2, 0.25) is 6.43 Å². The molecule has 2 fully saturated rings. The zero-order valence-corrected chi connectivity index (χ0v) is 25.0. The highest BCUT2D eigenvalue weighted by Crippen LogP contribution is 2.41. The number of pyridine rings is 1. The summed E-state index contributed by atoms with van der Waals surface area (Å²) in [5, 5.41) is 17.9. The predicted molar refractivity (Wildman–Crippen MR) is 163 cm³/mol. The van der Waals surface area contributed by atoms with E-state index in [1.165, 1.54) is 19.4 Å². The fourth-order valence-electron chi connectivity index (χ4n) is 6.17. The molecule has 3 aromatic heterocycles. The minimum absolute atomic E-state index is 0.152. The van der Waals surface area contributed by atoms with Crippen molar-refractivity contribution in [1.29, 1.82) is 0 Å². The van der Waals surface area contributed by atoms with Crippen LogP contribution in [0.3, 0.4) is 0 Å². The molecule has 0 aliphatic carbocycles. The Bertz CT molecular complexity index is 1600. The number of benzene rings is 1. The molecule has 2 saturated heterocycles. The van der Waals surface area contributed by atoms with Gasteiger partial charge in [0, 0.05) is 86.2 Å². The number of piperidine rings is 1. The molecule has 0 saturated carbocycles. The average Bonchev–Trinajstić information content (AvgIpc) is 3.55. The van der Waals surface area contributed by atoms with Crippen LogP contribution in [0.5, 0.6) is 5.75 Å². The van der Waals surface area contributed by atoms with Crippen LogP contribution in [-0.4, -0.2) is 76.3 Å². The molecular formula is C32H36F3N7O3. The highest BCUT2D eigenvalue weighted by atomic mass is 19.3. The first kappa shape index (κ1) is 30.8. The molecule has 0 atom stereocenters. The molecule has 1 aromatic carbocycles. The fourth-order valence-corrected chi connectivity index (χ4v) is 6.17. The van der Waals surface area contributed by atoms with Crippen LogP contribution in [0.15, 0.2) is 55.1 Å². The molecule has 4 aromatic rings. The normalized spacial score (nSPS) is 17.1. The van der Waals surface area contributed by atoms with E-state index in [-0.39, 0.29) is 30.5 Å². The van der Waals surface area contributed by atoms with Gasteiger partial charge in [-0.1, -0.05) is 6.07 Å². The van der Waals surface area contributed by atoms with Gasteiger partial charge in [-0.3, -0.25) is 4.68 Å². The first-order chi connectivity index (χ1) is 21.9. The molecule has 0 spiro atoms. The molecule has 0 bridgehead atoms. The Morgan fingerprint density at radius 1 is 1.11 bits per heavy atom. The highest BCUT2D eigenvalue weighted by molar-refractivity contribution is 5.80. The van der Waals surface area contributed by atoms with E-state index in [1.54, 1.807) is 24.4 Å². The van der Waals surface area contributed by atoms with Crippen molar-refractivity contribution in [3.63, 3.8) is 0 Å². The maximum absolute atomic E-state index is 14.7. The summed E-state index contributed by atoms with van der Waals surface area (Å²) in [6.07, 6.45) is 6.95. The summed E-state index contributed by atoms with van der Waals surface area (Å²) in [6.45, 7) is 2.09. The van der Waals surface area contributed by atoms with E-state index in [1.807, 2.05) is 23.1 Å². The lowest BCUT2D eigenvalue weighted by Gasteiger charge is -2.42. The molecule has 45 heavy (non-hydrogen) atoms. The van der Waals surface area contributed by atoms with Crippen LogP contribution >= 0.6 is 0 Å². The van der Waals surface area contributed by atoms with E-state index in [2.05, 4.69) is 30.3 Å². The summed E-state index contributed by atoms with van der Waals surface area (Å²) in [5.41, 5.74) is 1.94. The summed E-state index contributed by atoms with van der Waals surface area (Å²) in [7, 11) is 1.46. The van der Waals surface area contributed by atoms with Crippen molar-refractivity contribution in [3.05, 3.63) is 60.9 Å². The number of nitrogens with zero attached hydrogens (tertiary/aromatic N) is 6. The standard InChI is InChI=1S/C32H36F3N7O3/c1-44-26-4-2-3-24(33)30(26)31-36-10-5-28(40-31)39-29-15-25(41-11-8-32(20-43,9-12-41)16-27(34)35)23(18-37-29)21-17-38-42(19-21)22-6-13-45-14-7-22/h2-5,10,15,17-19,22,27,43H,6-9,11-14,16,20H2,1H3,(H,36,37,39,40). The number of halogens is 3. The second kappa shape index (κ2) is 13.4. The first-order valence-corrected chi connectivity index (χ1v) is 15.1. The van der Waals surface area contributed by atoms with Gasteiger partial charge in [0.15, 0.2) is 5.82 Å². The minimum atomic E-state index is -2.48. The molecule has 0 amide bonds. The second-order valence-electron chi connectivity index (χ2n) is 11.6. The Morgan fingerprint density at radius 2 is 1.91 bits per heavy atom. The topological polar surface area (TPSA) is 110 Å². The Labute approximate surface area is 259 Å². The molecule has 0 unspecified atom stereocenters. The summed E-state index contributed by atoms with van der Waals surface area (Å²) < 4.78 is 54.3. The number of aliphatic hydroxyl groups is 1. The maximum atomic E-state index is 14.7. The van der Waals surface area contributed by atoms with Crippen LogP contribution in [0.1, 0.15) is 38.1 Å². The summed E-state index contributed by atoms with van der Waals surface area (Å²) in [6, 6.07) is 8.32. The lowest BCUT2D eigenvalue weighted by atomic mass is 9.76. The second-order valence-corrected chi connectivity index (χ2v) is 11.6. The van der Waals surface area contributed by atoms with Gasteiger partial charge in [-0.25, -0.2) is 28.1 Å². The Morgan fingerprint density at radius 3 is 2.64 bits per heavy atom. The van der Waals surface area contributed by atoms with E-state index < -0.39 is 17.7 Å². The SMILES string of the molecule is COc1cccc(F)c1-c1nccc(Nc2cc(N3CCC(CO)(CC(F)F)CC3)c(-c3cnn(C4CCOCC4)c3)cn2)n1. The van der Waals surface area contributed by atoms with Gasteiger partial charge < -0.3 is 24.8 Å². The minimum Gasteiger partial charge on any atom is -0.496 e. The van der Waals surface area contributed by atoms with Crippen molar-refractivity contribution in [2.75, 3.05) is 50.2 Å². The molecule has 10 nitrogen and oxygen atoms in total. The number of methoxy groups -OCH3 is 1. The van der Waals surface area contributed by atoms with Crippen molar-refractivity contribution < 1.29 is 27.8 Å². The number of alkyl halides is 2. The van der Waals surface area contributed by atoms with Crippen molar-refractivity contribution >= 4 is 17.3 Å². The van der Waals surface area contributed by atoms with Crippen LogP contribution in [0.4, 0.5) is 30.5 Å². The number of hydrogen-bond donors (Lipinski definition) is 2. The highest BCUT2D eigenvalue weighted by Gasteiger charge is 2.37. The van der Waals surface area contributed by atoms with Gasteiger partial charge in [-0.2, -0.15) is 5.10 Å². The van der Waals surface area contributed by atoms with E-state index in [4.69, 9.17) is 9.47 Å². The summed E-state index contributed by atoms with van der Waals surface area (Å²) in [4.78, 5) is 15.6. The van der Waals surface area contributed by atoms with Crippen LogP contribution in [0.25, 0.3) is 22.5 Å². The van der Waals surface area contributed by atoms with E-state index in [0.717, 1.165) is 29.7 Å². The number of aromatic nitrogens is 5. The van der Waals surface area contributed by atoms with Gasteiger partial charge in [0.1, 0.15) is 23.2 Å². The molecule has 13 heteroatoms. The van der Waals surface area contributed by atoms with Gasteiger partial charge in [-0.15, -0.1) is 0 Å². The number of ether oxygens (including phenoxy) is 2. The molecule has 0 radical (unpaired) electrons. The van der Waals surface area contributed by atoms with E-state index in [0.29, 0.717) is 56.5 Å². The number of rotatable bonds is 10. The molecule has 238 valence electrons. The van der Waals surface area contributed by atoms with Crippen molar-refractivity contribution in [1.82, 2.24) is 24.7 Å². The number of aliphatic hydroxyl groups excluding tert-OH is 1. The molecule has 5 heterocycles. The fraction of sp³-hybridized carbons (Fsp3) is 0.438. The van der Waals surface area contributed by atoms with Crippen LogP contribution in [0, 0.1) is 11.2 Å². The van der Waals surface area contributed by atoms with Crippen molar-refractivity contribution in [3.8, 4) is 28.3 Å². The zero-order chi connectivity index (χ0) is 31.4. The van der Waals surface area contributed by atoms with Gasteiger partial charge in [-0.05, 0) is 43.9 Å². The quantitative estimate of drug-likeness (QED) is 0.224. The van der Waals surface area contributed by atoms with Gasteiger partial charge >= 0.3 is 0 Å². The molecule has 6 rings (SSSR count). The van der Waals surface area contributed by atoms with Crippen molar-refractivity contribution in [2.45, 2.75) is 44.6 Å². The lowest BCUT2D eigenvalue weighted by molar-refractivity contribution is 0.0169. The third-order valence-electron chi connectivity index (χ3n) is 8.78. The van der Waals surface area contributed by atoms with Crippen molar-refractivity contribution in [2.24, 2.45) is 5.41 Å². The molecule has 2 aliphatic heterocycles.